The quantitative estimate of drug-likeness (QED) is 0.723. The van der Waals surface area contributed by atoms with Gasteiger partial charge in [-0.15, -0.1) is 0 Å². The van der Waals surface area contributed by atoms with E-state index in [1.165, 1.54) is 6.33 Å². The molecule has 18 heavy (non-hydrogen) atoms. The number of hydrogen-bond donors (Lipinski definition) is 3. The van der Waals surface area contributed by atoms with E-state index in [0.717, 1.165) is 17.2 Å². The Bertz CT molecular complexity index is 379. The predicted molar refractivity (Wildman–Crippen MR) is 75.0 cm³/mol. The molecule has 3 N–H and O–H groups in total. The van der Waals surface area contributed by atoms with Crippen molar-refractivity contribution in [2.45, 2.75) is 39.7 Å². The number of anilines is 2. The van der Waals surface area contributed by atoms with Gasteiger partial charge in [-0.25, -0.2) is 9.97 Å². The van der Waals surface area contributed by atoms with E-state index in [9.17, 15) is 5.11 Å². The van der Waals surface area contributed by atoms with E-state index >= 15 is 0 Å². The first-order valence-corrected chi connectivity index (χ1v) is 6.41. The summed E-state index contributed by atoms with van der Waals surface area (Å²) in [5.74, 6) is 2.28. The van der Waals surface area contributed by atoms with Gasteiger partial charge in [-0.2, -0.15) is 0 Å². The van der Waals surface area contributed by atoms with Gasteiger partial charge in [0.1, 0.15) is 18.0 Å². The predicted octanol–water partition coefficient (Wildman–Crippen LogP) is 2.07. The van der Waals surface area contributed by atoms with Crippen molar-refractivity contribution in [3.05, 3.63) is 11.9 Å². The lowest BCUT2D eigenvalue weighted by Crippen LogP contribution is -2.30. The molecule has 1 atom stereocenters. The van der Waals surface area contributed by atoms with Crippen molar-refractivity contribution >= 4 is 11.6 Å². The van der Waals surface area contributed by atoms with Gasteiger partial charge < -0.3 is 15.7 Å². The van der Waals surface area contributed by atoms with Crippen molar-refractivity contribution in [3.63, 3.8) is 0 Å². The van der Waals surface area contributed by atoms with E-state index in [1.807, 2.05) is 7.05 Å². The third-order valence-corrected chi connectivity index (χ3v) is 3.02. The minimum Gasteiger partial charge on any atom is -0.394 e. The van der Waals surface area contributed by atoms with E-state index in [-0.39, 0.29) is 12.6 Å². The molecular formula is C13H24N4O. The molecule has 1 rings (SSSR count). The molecule has 5 nitrogen and oxygen atoms in total. The molecule has 5 heteroatoms. The SMILES string of the molecule is CNc1ncnc(NC(CO)C(C)C)c1C(C)C. The lowest BCUT2D eigenvalue weighted by atomic mass is 10.0. The highest BCUT2D eigenvalue weighted by atomic mass is 16.3. The van der Waals surface area contributed by atoms with E-state index in [2.05, 4.69) is 48.3 Å². The standard InChI is InChI=1S/C13H24N4O/c1-8(2)10(6-18)17-13-11(9(3)4)12(14-5)15-7-16-13/h7-10,18H,6H2,1-5H3,(H2,14,15,16,17). The van der Waals surface area contributed by atoms with Gasteiger partial charge in [0.25, 0.3) is 0 Å². The molecule has 1 unspecified atom stereocenters. The fourth-order valence-corrected chi connectivity index (χ4v) is 1.86. The minimum absolute atomic E-state index is 0.00195. The highest BCUT2D eigenvalue weighted by molar-refractivity contribution is 5.59. The van der Waals surface area contributed by atoms with Crippen LogP contribution in [0, 0.1) is 5.92 Å². The van der Waals surface area contributed by atoms with Gasteiger partial charge >= 0.3 is 0 Å². The maximum atomic E-state index is 9.39. The number of aliphatic hydroxyl groups excluding tert-OH is 1. The van der Waals surface area contributed by atoms with Gasteiger partial charge in [-0.1, -0.05) is 27.7 Å². The summed E-state index contributed by atoms with van der Waals surface area (Å²) in [4.78, 5) is 8.54. The molecule has 0 saturated heterocycles. The van der Waals surface area contributed by atoms with Crippen molar-refractivity contribution < 1.29 is 5.11 Å². The summed E-state index contributed by atoms with van der Waals surface area (Å²) in [6, 6.07) is 0.00195. The Kier molecular flexibility index (Phi) is 5.34. The molecule has 0 aliphatic carbocycles. The molecule has 0 spiro atoms. The van der Waals surface area contributed by atoms with Gasteiger partial charge in [0.15, 0.2) is 0 Å². The van der Waals surface area contributed by atoms with Crippen molar-refractivity contribution in [2.75, 3.05) is 24.3 Å². The van der Waals surface area contributed by atoms with Crippen LogP contribution in [0.2, 0.25) is 0 Å². The fourth-order valence-electron chi connectivity index (χ4n) is 1.86. The molecule has 0 aliphatic heterocycles. The van der Waals surface area contributed by atoms with Crippen LogP contribution in [0.15, 0.2) is 6.33 Å². The first kappa shape index (κ1) is 14.7. The largest absolute Gasteiger partial charge is 0.394 e. The van der Waals surface area contributed by atoms with Crippen LogP contribution in [0.5, 0.6) is 0 Å². The van der Waals surface area contributed by atoms with Gasteiger partial charge in [0, 0.05) is 12.6 Å². The van der Waals surface area contributed by atoms with Crippen molar-refractivity contribution in [2.24, 2.45) is 5.92 Å². The summed E-state index contributed by atoms with van der Waals surface area (Å²) in [5, 5.41) is 15.8. The van der Waals surface area contributed by atoms with Crippen LogP contribution in [-0.4, -0.2) is 34.8 Å². The van der Waals surface area contributed by atoms with Crippen LogP contribution >= 0.6 is 0 Å². The molecule has 0 aromatic carbocycles. The van der Waals surface area contributed by atoms with Crippen molar-refractivity contribution in [1.29, 1.82) is 0 Å². The van der Waals surface area contributed by atoms with E-state index in [0.29, 0.717) is 11.8 Å². The Morgan fingerprint density at radius 3 is 2.22 bits per heavy atom. The molecule has 0 amide bonds. The zero-order valence-corrected chi connectivity index (χ0v) is 11.9. The number of aromatic nitrogens is 2. The van der Waals surface area contributed by atoms with Crippen LogP contribution in [-0.2, 0) is 0 Å². The Morgan fingerprint density at radius 2 is 1.78 bits per heavy atom. The number of hydrogen-bond acceptors (Lipinski definition) is 5. The van der Waals surface area contributed by atoms with Crippen LogP contribution in [0.3, 0.4) is 0 Å². The maximum absolute atomic E-state index is 9.39. The molecule has 1 aromatic heterocycles. The maximum Gasteiger partial charge on any atom is 0.135 e. The zero-order chi connectivity index (χ0) is 13.7. The zero-order valence-electron chi connectivity index (χ0n) is 11.9. The average molecular weight is 252 g/mol. The molecular weight excluding hydrogens is 228 g/mol. The Hall–Kier alpha value is -1.36. The van der Waals surface area contributed by atoms with Crippen LogP contribution < -0.4 is 10.6 Å². The van der Waals surface area contributed by atoms with Gasteiger partial charge in [-0.3, -0.25) is 0 Å². The second-order valence-electron chi connectivity index (χ2n) is 5.07. The second kappa shape index (κ2) is 6.54. The van der Waals surface area contributed by atoms with Crippen LogP contribution in [0.4, 0.5) is 11.6 Å². The molecule has 102 valence electrons. The summed E-state index contributed by atoms with van der Waals surface area (Å²) in [5.41, 5.74) is 1.05. The monoisotopic (exact) mass is 252 g/mol. The van der Waals surface area contributed by atoms with Crippen LogP contribution in [0.1, 0.15) is 39.2 Å². The van der Waals surface area contributed by atoms with Gasteiger partial charge in [0.2, 0.25) is 0 Å². The van der Waals surface area contributed by atoms with Crippen molar-refractivity contribution in [1.82, 2.24) is 9.97 Å². The summed E-state index contributed by atoms with van der Waals surface area (Å²) in [7, 11) is 1.85. The summed E-state index contributed by atoms with van der Waals surface area (Å²) in [6.07, 6.45) is 1.54. The first-order chi connectivity index (χ1) is 8.51. The lowest BCUT2D eigenvalue weighted by molar-refractivity contribution is 0.249. The molecule has 1 aromatic rings. The smallest absolute Gasteiger partial charge is 0.135 e. The van der Waals surface area contributed by atoms with Crippen LogP contribution in [0.25, 0.3) is 0 Å². The summed E-state index contributed by atoms with van der Waals surface area (Å²) >= 11 is 0. The number of aliphatic hydroxyl groups is 1. The second-order valence-corrected chi connectivity index (χ2v) is 5.07. The summed E-state index contributed by atoms with van der Waals surface area (Å²) in [6.45, 7) is 8.45. The number of nitrogens with zero attached hydrogens (tertiary/aromatic N) is 2. The normalized spacial score (nSPS) is 12.9. The average Bonchev–Trinajstić information content (AvgIpc) is 2.34. The van der Waals surface area contributed by atoms with Gasteiger partial charge in [-0.05, 0) is 11.8 Å². The molecule has 0 bridgehead atoms. The summed E-state index contributed by atoms with van der Waals surface area (Å²) < 4.78 is 0. The third kappa shape index (κ3) is 3.32. The topological polar surface area (TPSA) is 70.1 Å². The highest BCUT2D eigenvalue weighted by Crippen LogP contribution is 2.28. The molecule has 0 aliphatic rings. The molecule has 0 fully saturated rings. The Morgan fingerprint density at radius 1 is 1.17 bits per heavy atom. The van der Waals surface area contributed by atoms with Crippen molar-refractivity contribution in [3.8, 4) is 0 Å². The van der Waals surface area contributed by atoms with Gasteiger partial charge in [0.05, 0.1) is 12.6 Å². The van der Waals surface area contributed by atoms with E-state index in [1.54, 1.807) is 0 Å². The molecule has 1 heterocycles. The first-order valence-electron chi connectivity index (χ1n) is 6.41. The molecule has 0 radical (unpaired) electrons. The van der Waals surface area contributed by atoms with E-state index in [4.69, 9.17) is 0 Å². The Labute approximate surface area is 109 Å². The molecule has 0 saturated carbocycles. The third-order valence-electron chi connectivity index (χ3n) is 3.02. The highest BCUT2D eigenvalue weighted by Gasteiger charge is 2.18. The minimum atomic E-state index is 0.00195. The number of nitrogens with one attached hydrogen (secondary N) is 2. The number of rotatable bonds is 6. The fraction of sp³-hybridized carbons (Fsp3) is 0.692. The Balaban J connectivity index is 3.07. The van der Waals surface area contributed by atoms with E-state index < -0.39 is 0 Å². The lowest BCUT2D eigenvalue weighted by Gasteiger charge is -2.24.